The fraction of sp³-hybridized carbons (Fsp3) is 0.667. The first-order valence-corrected chi connectivity index (χ1v) is 21.5. The summed E-state index contributed by atoms with van der Waals surface area (Å²) in [6.45, 7) is 14.6. The molecule has 0 unspecified atom stereocenters. The van der Waals surface area contributed by atoms with Crippen LogP contribution < -0.4 is 18.9 Å². The van der Waals surface area contributed by atoms with Gasteiger partial charge in [-0.2, -0.15) is 6.67 Å². The number of benzene rings is 2. The number of nitrogens with zero attached hydrogens (tertiary/aromatic N) is 2. The van der Waals surface area contributed by atoms with Gasteiger partial charge in [0.1, 0.15) is 49.4 Å². The van der Waals surface area contributed by atoms with Crippen molar-refractivity contribution in [2.24, 2.45) is 0 Å². The molecule has 18 nitrogen and oxygen atoms in total. The molecule has 2 aromatic rings. The first kappa shape index (κ1) is 57.4. The van der Waals surface area contributed by atoms with Crippen LogP contribution in [0.25, 0.3) is 0 Å². The third-order valence-corrected chi connectivity index (χ3v) is 8.56. The van der Waals surface area contributed by atoms with Crippen LogP contribution >= 0.6 is 0 Å². The number of rotatable bonds is 44. The van der Waals surface area contributed by atoms with E-state index in [9.17, 15) is 0 Å². The molecule has 0 spiro atoms. The van der Waals surface area contributed by atoms with E-state index < -0.39 is 0 Å². The van der Waals surface area contributed by atoms with Crippen molar-refractivity contribution in [1.82, 2.24) is 9.80 Å². The van der Waals surface area contributed by atoms with Crippen LogP contribution in [0.2, 0.25) is 0 Å². The second-order valence-corrected chi connectivity index (χ2v) is 13.6. The van der Waals surface area contributed by atoms with Gasteiger partial charge in [0.2, 0.25) is 0 Å². The van der Waals surface area contributed by atoms with Crippen molar-refractivity contribution in [3.63, 3.8) is 0 Å². The van der Waals surface area contributed by atoms with Crippen LogP contribution in [0.15, 0.2) is 48.8 Å². The predicted molar refractivity (Wildman–Crippen MR) is 233 cm³/mol. The van der Waals surface area contributed by atoms with Crippen LogP contribution in [0, 0.1) is 6.67 Å². The molecule has 0 aromatic heterocycles. The zero-order valence-corrected chi connectivity index (χ0v) is 40.5. The Morgan fingerprint density at radius 1 is 0.312 bits per heavy atom. The summed E-state index contributed by atoms with van der Waals surface area (Å²) in [5.41, 5.74) is 2.01. The topological polar surface area (TPSA) is 154 Å². The van der Waals surface area contributed by atoms with Crippen LogP contribution in [0.5, 0.6) is 23.0 Å². The van der Waals surface area contributed by atoms with Crippen molar-refractivity contribution < 1.29 is 98.2 Å². The van der Waals surface area contributed by atoms with Crippen molar-refractivity contribution in [1.29, 1.82) is 0 Å². The average molecular weight is 1100 g/mol. The molecule has 64 heavy (non-hydrogen) atoms. The molecule has 0 radical (unpaired) electrons. The SMILES string of the molecule is COCCOCCOCCOc1cc(CN2C=CN(Cc3cc(OCCOCCOCCOC)cc(OCCOCCOCCOC)c3)[CH-]2)cc(OCCOCCOCCOC)c1.[Au+]. The van der Waals surface area contributed by atoms with Crippen molar-refractivity contribution in [3.05, 3.63) is 66.6 Å². The van der Waals surface area contributed by atoms with E-state index in [2.05, 4.69) is 16.5 Å². The quantitative estimate of drug-likeness (QED) is 0.0536. The van der Waals surface area contributed by atoms with E-state index in [-0.39, 0.29) is 22.4 Å². The third-order valence-electron chi connectivity index (χ3n) is 8.56. The minimum absolute atomic E-state index is 0. The Morgan fingerprint density at radius 3 is 0.766 bits per heavy atom. The Bertz CT molecular complexity index is 1230. The van der Waals surface area contributed by atoms with E-state index in [4.69, 9.17) is 75.8 Å². The monoisotopic (exact) mass is 1090 g/mol. The maximum atomic E-state index is 6.10. The van der Waals surface area contributed by atoms with Gasteiger partial charge in [-0.15, -0.1) is 0 Å². The van der Waals surface area contributed by atoms with Gasteiger partial charge in [0.15, 0.2) is 0 Å². The summed E-state index contributed by atoms with van der Waals surface area (Å²) >= 11 is 0. The number of hydrogen-bond acceptors (Lipinski definition) is 18. The summed E-state index contributed by atoms with van der Waals surface area (Å²) in [5, 5.41) is 0. The summed E-state index contributed by atoms with van der Waals surface area (Å²) in [6, 6.07) is 11.8. The molecule has 370 valence electrons. The van der Waals surface area contributed by atoms with E-state index in [0.29, 0.717) is 195 Å². The molecule has 0 saturated carbocycles. The van der Waals surface area contributed by atoms with Gasteiger partial charge in [-0.05, 0) is 47.8 Å². The maximum absolute atomic E-state index is 6.10. The van der Waals surface area contributed by atoms with E-state index >= 15 is 0 Å². The summed E-state index contributed by atoms with van der Waals surface area (Å²) in [5.74, 6) is 2.73. The van der Waals surface area contributed by atoms with Crippen molar-refractivity contribution in [3.8, 4) is 23.0 Å². The fourth-order valence-corrected chi connectivity index (χ4v) is 5.56. The largest absolute Gasteiger partial charge is 1.00 e. The zero-order valence-electron chi connectivity index (χ0n) is 38.3. The Hall–Kier alpha value is -2.76. The van der Waals surface area contributed by atoms with Gasteiger partial charge >= 0.3 is 22.4 Å². The van der Waals surface area contributed by atoms with Gasteiger partial charge < -0.3 is 85.6 Å². The summed E-state index contributed by atoms with van der Waals surface area (Å²) in [7, 11) is 6.58. The summed E-state index contributed by atoms with van der Waals surface area (Å²) < 4.78 is 89.0. The Morgan fingerprint density at radius 2 is 0.531 bits per heavy atom. The van der Waals surface area contributed by atoms with Crippen molar-refractivity contribution in [2.75, 3.05) is 187 Å². The first-order chi connectivity index (χ1) is 31.1. The zero-order chi connectivity index (χ0) is 44.7. The van der Waals surface area contributed by atoms with Crippen LogP contribution in [0.3, 0.4) is 0 Å². The molecule has 2 aromatic carbocycles. The number of ether oxygens (including phenoxy) is 16. The van der Waals surface area contributed by atoms with Crippen molar-refractivity contribution >= 4 is 0 Å². The normalized spacial score (nSPS) is 12.2. The molecule has 0 amide bonds. The molecular formula is C45H73AuN2O16. The molecule has 1 aliphatic rings. The first-order valence-electron chi connectivity index (χ1n) is 21.5. The molecular weight excluding hydrogens is 1020 g/mol. The van der Waals surface area contributed by atoms with E-state index in [1.807, 2.05) is 48.8 Å². The summed E-state index contributed by atoms with van der Waals surface area (Å²) in [6.07, 6.45) is 4.06. The maximum Gasteiger partial charge on any atom is 1.00 e. The van der Waals surface area contributed by atoms with E-state index in [1.54, 1.807) is 28.4 Å². The Labute approximate surface area is 396 Å². The minimum Gasteiger partial charge on any atom is -0.505 e. The van der Waals surface area contributed by atoms with E-state index in [1.165, 1.54) is 0 Å². The van der Waals surface area contributed by atoms with Gasteiger partial charge in [-0.25, -0.2) is 0 Å². The molecule has 1 heterocycles. The van der Waals surface area contributed by atoms with E-state index in [0.717, 1.165) is 11.1 Å². The number of hydrogen-bond donors (Lipinski definition) is 0. The molecule has 1 aliphatic heterocycles. The molecule has 3 rings (SSSR count). The average Bonchev–Trinajstić information content (AvgIpc) is 3.72. The molecule has 0 fully saturated rings. The van der Waals surface area contributed by atoms with Gasteiger partial charge in [0.05, 0.1) is 132 Å². The molecule has 0 atom stereocenters. The minimum atomic E-state index is 0. The second-order valence-electron chi connectivity index (χ2n) is 13.6. The smallest absolute Gasteiger partial charge is 0.505 e. The van der Waals surface area contributed by atoms with Gasteiger partial charge in [0, 0.05) is 53.7 Å². The molecule has 0 aliphatic carbocycles. The second kappa shape index (κ2) is 40.5. The predicted octanol–water partition coefficient (Wildman–Crippen LogP) is 3.83. The van der Waals surface area contributed by atoms with Gasteiger partial charge in [0.25, 0.3) is 0 Å². The summed E-state index contributed by atoms with van der Waals surface area (Å²) in [4.78, 5) is 4.21. The van der Waals surface area contributed by atoms with Crippen molar-refractivity contribution in [2.45, 2.75) is 13.1 Å². The molecule has 0 N–H and O–H groups in total. The van der Waals surface area contributed by atoms with Crippen LogP contribution in [0.4, 0.5) is 0 Å². The number of methoxy groups -OCH3 is 4. The Balaban J connectivity index is 0.0000141. The molecule has 19 heteroatoms. The van der Waals surface area contributed by atoms with Crippen LogP contribution in [-0.4, -0.2) is 197 Å². The Kier molecular flexibility index (Phi) is 36.3. The van der Waals surface area contributed by atoms with Gasteiger partial charge in [-0.3, -0.25) is 0 Å². The van der Waals surface area contributed by atoms with Gasteiger partial charge in [-0.1, -0.05) is 0 Å². The molecule has 0 saturated heterocycles. The third kappa shape index (κ3) is 29.7. The van der Waals surface area contributed by atoms with Crippen LogP contribution in [-0.2, 0) is 92.3 Å². The molecule has 0 bridgehead atoms. The van der Waals surface area contributed by atoms with Crippen LogP contribution in [0.1, 0.15) is 11.1 Å². The fourth-order valence-electron chi connectivity index (χ4n) is 5.56. The standard InChI is InChI=1S/C45H73N2O16.Au/c1-48-7-11-52-15-19-56-23-27-60-42-31-40(32-43(35-42)61-28-24-57-20-16-53-12-8-49-2)37-46-5-6-47(39-46)38-41-33-44(62-29-25-58-21-17-54-13-9-50-3)36-45(34-41)63-30-26-59-22-18-55-14-10-51-4;/h5-6,31-36,39H,7-30,37-38H2,1-4H3;/q-1;+1.